The first kappa shape index (κ1) is 15.2. The lowest BCUT2D eigenvalue weighted by molar-refractivity contribution is 0.295. The summed E-state index contributed by atoms with van der Waals surface area (Å²) in [6.07, 6.45) is 9.07. The van der Waals surface area contributed by atoms with Crippen molar-refractivity contribution in [2.24, 2.45) is 0 Å². The highest BCUT2D eigenvalue weighted by Gasteiger charge is 2.10. The summed E-state index contributed by atoms with van der Waals surface area (Å²) in [6, 6.07) is 4.07. The van der Waals surface area contributed by atoms with Crippen LogP contribution in [0.2, 0.25) is 0 Å². The van der Waals surface area contributed by atoms with Crippen molar-refractivity contribution in [1.29, 1.82) is 0 Å². The van der Waals surface area contributed by atoms with Gasteiger partial charge in [0.25, 0.3) is 0 Å². The fourth-order valence-electron chi connectivity index (χ4n) is 2.21. The average molecular weight is 286 g/mol. The molecule has 5 heteroatoms. The van der Waals surface area contributed by atoms with Crippen LogP contribution in [0.25, 0.3) is 0 Å². The molecule has 2 aromatic rings. The lowest BCUT2D eigenvalue weighted by Crippen LogP contribution is -2.07. The van der Waals surface area contributed by atoms with E-state index in [2.05, 4.69) is 27.2 Å². The first-order chi connectivity index (χ1) is 10.3. The number of aromatic nitrogens is 3. The molecule has 0 fully saturated rings. The normalized spacial score (nSPS) is 10.4. The Morgan fingerprint density at radius 3 is 2.67 bits per heavy atom. The Bertz CT molecular complexity index is 545. The Morgan fingerprint density at radius 2 is 1.95 bits per heavy atom. The van der Waals surface area contributed by atoms with Crippen LogP contribution in [0.15, 0.2) is 30.9 Å². The van der Waals surface area contributed by atoms with Gasteiger partial charge in [0.15, 0.2) is 0 Å². The number of anilines is 1. The largest absolute Gasteiger partial charge is 0.477 e. The number of nitrogens with zero attached hydrogens (tertiary/aromatic N) is 3. The van der Waals surface area contributed by atoms with Crippen molar-refractivity contribution >= 4 is 5.82 Å². The van der Waals surface area contributed by atoms with E-state index in [1.165, 1.54) is 5.56 Å². The summed E-state index contributed by atoms with van der Waals surface area (Å²) in [5.74, 6) is 1.56. The van der Waals surface area contributed by atoms with Gasteiger partial charge < -0.3 is 10.1 Å². The zero-order valence-electron chi connectivity index (χ0n) is 12.7. The maximum absolute atomic E-state index is 5.85. The molecule has 5 nitrogen and oxygen atoms in total. The van der Waals surface area contributed by atoms with Crippen LogP contribution in [0.4, 0.5) is 5.82 Å². The highest BCUT2D eigenvalue weighted by molar-refractivity contribution is 5.48. The molecule has 0 unspecified atom stereocenters. The number of nitrogens with one attached hydrogen (secondary N) is 1. The SMILES string of the molecule is CCCc1c(NC)ncnc1OCCCc1ccncc1. The molecular formula is C16H22N4O. The van der Waals surface area contributed by atoms with Crippen LogP contribution in [0.5, 0.6) is 5.88 Å². The van der Waals surface area contributed by atoms with Crippen molar-refractivity contribution in [3.05, 3.63) is 42.0 Å². The van der Waals surface area contributed by atoms with Crippen LogP contribution in [0.3, 0.4) is 0 Å². The van der Waals surface area contributed by atoms with E-state index in [4.69, 9.17) is 4.74 Å². The third kappa shape index (κ3) is 4.41. The molecule has 2 aromatic heterocycles. The van der Waals surface area contributed by atoms with E-state index in [1.807, 2.05) is 31.6 Å². The van der Waals surface area contributed by atoms with Crippen LogP contribution in [0.1, 0.15) is 30.9 Å². The second-order valence-corrected chi connectivity index (χ2v) is 4.81. The maximum atomic E-state index is 5.85. The van der Waals surface area contributed by atoms with Gasteiger partial charge in [-0.05, 0) is 37.0 Å². The first-order valence-corrected chi connectivity index (χ1v) is 7.38. The second-order valence-electron chi connectivity index (χ2n) is 4.81. The Labute approximate surface area is 125 Å². The predicted molar refractivity (Wildman–Crippen MR) is 83.6 cm³/mol. The zero-order valence-corrected chi connectivity index (χ0v) is 12.7. The quantitative estimate of drug-likeness (QED) is 0.756. The summed E-state index contributed by atoms with van der Waals surface area (Å²) < 4.78 is 5.85. The minimum atomic E-state index is 0.652. The van der Waals surface area contributed by atoms with Crippen molar-refractivity contribution < 1.29 is 4.74 Å². The monoisotopic (exact) mass is 286 g/mol. The molecule has 0 radical (unpaired) electrons. The number of pyridine rings is 1. The molecular weight excluding hydrogens is 264 g/mol. The molecule has 0 aliphatic carbocycles. The first-order valence-electron chi connectivity index (χ1n) is 7.38. The van der Waals surface area contributed by atoms with Crippen LogP contribution in [-0.4, -0.2) is 28.6 Å². The molecule has 2 rings (SSSR count). The van der Waals surface area contributed by atoms with Crippen molar-refractivity contribution in [2.75, 3.05) is 19.0 Å². The summed E-state index contributed by atoms with van der Waals surface area (Å²) in [6.45, 7) is 2.79. The minimum Gasteiger partial charge on any atom is -0.477 e. The molecule has 0 aromatic carbocycles. The lowest BCUT2D eigenvalue weighted by Gasteiger charge is -2.12. The standard InChI is InChI=1S/C16H22N4O/c1-3-5-14-15(17-2)19-12-20-16(14)21-11-4-6-13-7-9-18-10-8-13/h7-10,12H,3-6,11H2,1-2H3,(H,17,19,20). The summed E-state index contributed by atoms with van der Waals surface area (Å²) in [5.41, 5.74) is 2.34. The number of aryl methyl sites for hydroxylation is 1. The molecule has 0 bridgehead atoms. The van der Waals surface area contributed by atoms with Crippen molar-refractivity contribution in [2.45, 2.75) is 32.6 Å². The molecule has 0 spiro atoms. The molecule has 1 N–H and O–H groups in total. The van der Waals surface area contributed by atoms with Crippen molar-refractivity contribution in [3.8, 4) is 5.88 Å². The van der Waals surface area contributed by atoms with E-state index in [0.29, 0.717) is 12.5 Å². The second kappa shape index (κ2) is 8.19. The molecule has 21 heavy (non-hydrogen) atoms. The Kier molecular flexibility index (Phi) is 5.94. The Hall–Kier alpha value is -2.17. The van der Waals surface area contributed by atoms with Crippen LogP contribution in [0, 0.1) is 0 Å². The number of hydrogen-bond donors (Lipinski definition) is 1. The van der Waals surface area contributed by atoms with Gasteiger partial charge in [0.1, 0.15) is 12.1 Å². The van der Waals surface area contributed by atoms with Gasteiger partial charge in [0.05, 0.1) is 12.2 Å². The van der Waals surface area contributed by atoms with Gasteiger partial charge in [-0.25, -0.2) is 9.97 Å². The summed E-state index contributed by atoms with van der Waals surface area (Å²) in [4.78, 5) is 12.5. The lowest BCUT2D eigenvalue weighted by atomic mass is 10.1. The third-order valence-electron chi connectivity index (χ3n) is 3.24. The van der Waals surface area contributed by atoms with Gasteiger partial charge in [0, 0.05) is 19.4 Å². The molecule has 0 aliphatic heterocycles. The predicted octanol–water partition coefficient (Wildman–Crippen LogP) is 2.88. The minimum absolute atomic E-state index is 0.652. The van der Waals surface area contributed by atoms with Crippen molar-refractivity contribution in [3.63, 3.8) is 0 Å². The van der Waals surface area contributed by atoms with Gasteiger partial charge in [-0.2, -0.15) is 0 Å². The average Bonchev–Trinajstić information content (AvgIpc) is 2.54. The van der Waals surface area contributed by atoms with E-state index in [0.717, 1.165) is 37.1 Å². The van der Waals surface area contributed by atoms with Crippen LogP contribution in [-0.2, 0) is 12.8 Å². The Balaban J connectivity index is 1.90. The molecule has 0 aliphatic rings. The number of rotatable bonds is 8. The fraction of sp³-hybridized carbons (Fsp3) is 0.438. The van der Waals surface area contributed by atoms with Crippen LogP contribution >= 0.6 is 0 Å². The van der Waals surface area contributed by atoms with E-state index in [1.54, 1.807) is 6.33 Å². The third-order valence-corrected chi connectivity index (χ3v) is 3.24. The highest BCUT2D eigenvalue weighted by Crippen LogP contribution is 2.23. The Morgan fingerprint density at radius 1 is 1.14 bits per heavy atom. The van der Waals surface area contributed by atoms with E-state index >= 15 is 0 Å². The molecule has 0 amide bonds. The number of ether oxygens (including phenoxy) is 1. The van der Waals surface area contributed by atoms with Gasteiger partial charge in [-0.1, -0.05) is 13.3 Å². The van der Waals surface area contributed by atoms with E-state index < -0.39 is 0 Å². The topological polar surface area (TPSA) is 59.9 Å². The summed E-state index contributed by atoms with van der Waals surface area (Å²) >= 11 is 0. The van der Waals surface area contributed by atoms with Gasteiger partial charge in [0.2, 0.25) is 5.88 Å². The van der Waals surface area contributed by atoms with E-state index in [9.17, 15) is 0 Å². The van der Waals surface area contributed by atoms with Gasteiger partial charge >= 0.3 is 0 Å². The molecule has 112 valence electrons. The summed E-state index contributed by atoms with van der Waals surface area (Å²) in [7, 11) is 1.87. The van der Waals surface area contributed by atoms with E-state index in [-0.39, 0.29) is 0 Å². The number of hydrogen-bond acceptors (Lipinski definition) is 5. The van der Waals surface area contributed by atoms with Gasteiger partial charge in [-0.15, -0.1) is 0 Å². The maximum Gasteiger partial charge on any atom is 0.221 e. The molecule has 0 saturated carbocycles. The highest BCUT2D eigenvalue weighted by atomic mass is 16.5. The van der Waals surface area contributed by atoms with Gasteiger partial charge in [-0.3, -0.25) is 4.98 Å². The zero-order chi connectivity index (χ0) is 14.9. The van der Waals surface area contributed by atoms with Crippen molar-refractivity contribution in [1.82, 2.24) is 15.0 Å². The molecule has 0 atom stereocenters. The fourth-order valence-corrected chi connectivity index (χ4v) is 2.21. The van der Waals surface area contributed by atoms with Crippen LogP contribution < -0.4 is 10.1 Å². The molecule has 0 saturated heterocycles. The molecule has 2 heterocycles. The smallest absolute Gasteiger partial charge is 0.221 e. The summed E-state index contributed by atoms with van der Waals surface area (Å²) in [5, 5.41) is 3.10.